The molecule has 0 saturated carbocycles. The highest BCUT2D eigenvalue weighted by molar-refractivity contribution is 6.31. The lowest BCUT2D eigenvalue weighted by molar-refractivity contribution is 0.0209. The van der Waals surface area contributed by atoms with Crippen LogP contribution in [-0.4, -0.2) is 25.0 Å². The zero-order valence-electron chi connectivity index (χ0n) is 9.74. The molecule has 1 aromatic rings. The second kappa shape index (κ2) is 4.31. The van der Waals surface area contributed by atoms with Crippen LogP contribution in [-0.2, 0) is 11.2 Å². The molecule has 0 fully saturated rings. The van der Waals surface area contributed by atoms with E-state index in [0.29, 0.717) is 0 Å². The third-order valence-corrected chi connectivity index (χ3v) is 3.60. The fourth-order valence-corrected chi connectivity index (χ4v) is 2.74. The quantitative estimate of drug-likeness (QED) is 0.830. The number of ether oxygens (including phenoxy) is 1. The minimum atomic E-state index is -0.0741. The van der Waals surface area contributed by atoms with Gasteiger partial charge in [-0.1, -0.05) is 23.7 Å². The molecule has 0 amide bonds. The number of fused-ring (bicyclic) bond motifs is 1. The number of rotatable bonds is 1. The van der Waals surface area contributed by atoms with Crippen molar-refractivity contribution in [2.24, 2.45) is 4.99 Å². The number of nitrogens with one attached hydrogen (secondary N) is 1. The molecule has 1 N–H and O–H groups in total. The van der Waals surface area contributed by atoms with Gasteiger partial charge in [0.25, 0.3) is 0 Å². The first-order chi connectivity index (χ1) is 8.25. The number of hydrogen-bond donors (Lipinski definition) is 1. The molecule has 0 aliphatic carbocycles. The Morgan fingerprint density at radius 2 is 2.35 bits per heavy atom. The van der Waals surface area contributed by atoms with Crippen LogP contribution in [0.3, 0.4) is 0 Å². The average Bonchev–Trinajstić information content (AvgIpc) is 2.83. The van der Waals surface area contributed by atoms with Crippen molar-refractivity contribution in [3.05, 3.63) is 34.3 Å². The van der Waals surface area contributed by atoms with Crippen LogP contribution < -0.4 is 5.32 Å². The van der Waals surface area contributed by atoms with Gasteiger partial charge >= 0.3 is 0 Å². The van der Waals surface area contributed by atoms with Crippen molar-refractivity contribution in [2.45, 2.75) is 25.6 Å². The van der Waals surface area contributed by atoms with Gasteiger partial charge in [-0.3, -0.25) is 4.99 Å². The lowest BCUT2D eigenvalue weighted by Crippen LogP contribution is -2.34. The Kier molecular flexibility index (Phi) is 2.81. The van der Waals surface area contributed by atoms with Crippen molar-refractivity contribution in [1.82, 2.24) is 5.32 Å². The van der Waals surface area contributed by atoms with Gasteiger partial charge in [0.2, 0.25) is 0 Å². The summed E-state index contributed by atoms with van der Waals surface area (Å²) in [5.41, 5.74) is 2.36. The highest BCUT2D eigenvalue weighted by Crippen LogP contribution is 2.35. The summed E-state index contributed by atoms with van der Waals surface area (Å²) in [5, 5.41) is 4.12. The molecule has 1 aromatic carbocycles. The zero-order chi connectivity index (χ0) is 11.8. The van der Waals surface area contributed by atoms with Gasteiger partial charge in [-0.15, -0.1) is 0 Å². The van der Waals surface area contributed by atoms with Crippen LogP contribution in [0.5, 0.6) is 0 Å². The van der Waals surface area contributed by atoms with Crippen LogP contribution in [0.25, 0.3) is 0 Å². The molecule has 1 unspecified atom stereocenters. The molecule has 3 rings (SSSR count). The number of halogens is 1. The van der Waals surface area contributed by atoms with Gasteiger partial charge in [-0.25, -0.2) is 0 Å². The summed E-state index contributed by atoms with van der Waals surface area (Å²) in [5.74, 6) is 0.945. The number of aliphatic imine (C=N–C) groups is 1. The number of hydrogen-bond acceptors (Lipinski definition) is 3. The third kappa shape index (κ3) is 1.94. The predicted octanol–water partition coefficient (Wildman–Crippen LogP) is 2.34. The molecule has 17 heavy (non-hydrogen) atoms. The first kappa shape index (κ1) is 11.1. The van der Waals surface area contributed by atoms with E-state index in [1.807, 2.05) is 12.1 Å². The first-order valence-corrected chi connectivity index (χ1v) is 6.34. The van der Waals surface area contributed by atoms with Gasteiger partial charge in [-0.05, 0) is 24.1 Å². The van der Waals surface area contributed by atoms with E-state index >= 15 is 0 Å². The summed E-state index contributed by atoms with van der Waals surface area (Å²) in [6, 6.07) is 6.00. The van der Waals surface area contributed by atoms with Crippen LogP contribution in [0.2, 0.25) is 5.02 Å². The van der Waals surface area contributed by atoms with Crippen molar-refractivity contribution in [3.8, 4) is 0 Å². The number of benzene rings is 1. The second-order valence-corrected chi connectivity index (χ2v) is 4.94. The van der Waals surface area contributed by atoms with E-state index in [0.717, 1.165) is 35.9 Å². The molecule has 0 saturated heterocycles. The summed E-state index contributed by atoms with van der Waals surface area (Å²) < 4.78 is 6.00. The molecule has 2 aliphatic rings. The monoisotopic (exact) mass is 250 g/mol. The molecular weight excluding hydrogens is 236 g/mol. The van der Waals surface area contributed by atoms with Crippen LogP contribution >= 0.6 is 11.6 Å². The van der Waals surface area contributed by atoms with Gasteiger partial charge in [-0.2, -0.15) is 0 Å². The standard InChI is InChI=1S/C13H15ClN2O/c1-8-7-10-9(3-2-4-11(10)14)12(17-8)13-15-5-6-16-13/h2-4,8,12H,5-7H2,1H3,(H,15,16)/t8-,12?/m1/s1. The van der Waals surface area contributed by atoms with Crippen LogP contribution in [0, 0.1) is 0 Å². The predicted molar refractivity (Wildman–Crippen MR) is 68.7 cm³/mol. The third-order valence-electron chi connectivity index (χ3n) is 3.25. The Morgan fingerprint density at radius 1 is 1.47 bits per heavy atom. The fourth-order valence-electron chi connectivity index (χ4n) is 2.48. The van der Waals surface area contributed by atoms with Crippen molar-refractivity contribution in [2.75, 3.05) is 13.1 Å². The SMILES string of the molecule is C[C@@H]1Cc2c(Cl)cccc2C(C2=NCCN2)O1. The zero-order valence-corrected chi connectivity index (χ0v) is 10.5. The van der Waals surface area contributed by atoms with E-state index in [1.54, 1.807) is 0 Å². The average molecular weight is 251 g/mol. The maximum absolute atomic E-state index is 6.26. The summed E-state index contributed by atoms with van der Waals surface area (Å²) in [6.07, 6.45) is 0.978. The Balaban J connectivity index is 2.04. The van der Waals surface area contributed by atoms with E-state index in [-0.39, 0.29) is 12.2 Å². The topological polar surface area (TPSA) is 33.6 Å². The normalized spacial score (nSPS) is 27.3. The van der Waals surface area contributed by atoms with Gasteiger partial charge in [0.05, 0.1) is 12.6 Å². The molecule has 2 atom stereocenters. The minimum absolute atomic E-state index is 0.0741. The molecule has 4 heteroatoms. The Labute approximate surface area is 106 Å². The van der Waals surface area contributed by atoms with E-state index in [1.165, 1.54) is 5.56 Å². The summed E-state index contributed by atoms with van der Waals surface area (Å²) in [6.45, 7) is 3.81. The fraction of sp³-hybridized carbons (Fsp3) is 0.462. The second-order valence-electron chi connectivity index (χ2n) is 4.53. The highest BCUT2D eigenvalue weighted by atomic mass is 35.5. The smallest absolute Gasteiger partial charge is 0.140 e. The Morgan fingerprint density at radius 3 is 3.12 bits per heavy atom. The van der Waals surface area contributed by atoms with E-state index in [2.05, 4.69) is 23.3 Å². The van der Waals surface area contributed by atoms with Gasteiger partial charge in [0.15, 0.2) is 0 Å². The van der Waals surface area contributed by atoms with Gasteiger partial charge < -0.3 is 10.1 Å². The summed E-state index contributed by atoms with van der Waals surface area (Å²) in [7, 11) is 0. The maximum atomic E-state index is 6.26. The van der Waals surface area contributed by atoms with Crippen molar-refractivity contribution < 1.29 is 4.74 Å². The van der Waals surface area contributed by atoms with E-state index in [9.17, 15) is 0 Å². The van der Waals surface area contributed by atoms with Crippen molar-refractivity contribution in [1.29, 1.82) is 0 Å². The molecule has 90 valence electrons. The molecule has 2 heterocycles. The lowest BCUT2D eigenvalue weighted by Gasteiger charge is -2.31. The van der Waals surface area contributed by atoms with E-state index < -0.39 is 0 Å². The van der Waals surface area contributed by atoms with E-state index in [4.69, 9.17) is 16.3 Å². The molecule has 2 aliphatic heterocycles. The van der Waals surface area contributed by atoms with Crippen LogP contribution in [0.4, 0.5) is 0 Å². The lowest BCUT2D eigenvalue weighted by atomic mass is 9.94. The van der Waals surface area contributed by atoms with Crippen molar-refractivity contribution >= 4 is 17.4 Å². The number of amidine groups is 1. The first-order valence-electron chi connectivity index (χ1n) is 5.96. The molecule has 0 bridgehead atoms. The summed E-state index contributed by atoms with van der Waals surface area (Å²) >= 11 is 6.26. The number of nitrogens with zero attached hydrogens (tertiary/aromatic N) is 1. The minimum Gasteiger partial charge on any atom is -0.369 e. The van der Waals surface area contributed by atoms with Crippen molar-refractivity contribution in [3.63, 3.8) is 0 Å². The van der Waals surface area contributed by atoms with Gasteiger partial charge in [0, 0.05) is 18.0 Å². The molecule has 0 radical (unpaired) electrons. The van der Waals surface area contributed by atoms with Crippen LogP contribution in [0.1, 0.15) is 24.2 Å². The Bertz CT molecular complexity index is 472. The van der Waals surface area contributed by atoms with Crippen LogP contribution in [0.15, 0.2) is 23.2 Å². The molecule has 0 spiro atoms. The Hall–Kier alpha value is -1.06. The maximum Gasteiger partial charge on any atom is 0.140 e. The van der Waals surface area contributed by atoms with Gasteiger partial charge in [0.1, 0.15) is 11.9 Å². The molecule has 3 nitrogen and oxygen atoms in total. The largest absolute Gasteiger partial charge is 0.369 e. The molecule has 0 aromatic heterocycles. The summed E-state index contributed by atoms with van der Waals surface area (Å²) in [4.78, 5) is 4.46. The molecular formula is C13H15ClN2O. The highest BCUT2D eigenvalue weighted by Gasteiger charge is 2.31.